The lowest BCUT2D eigenvalue weighted by Gasteiger charge is -2.20. The zero-order chi connectivity index (χ0) is 14.5. The second-order valence-corrected chi connectivity index (χ2v) is 4.68. The highest BCUT2D eigenvalue weighted by Crippen LogP contribution is 2.21. The quantitative estimate of drug-likeness (QED) is 0.910. The summed E-state index contributed by atoms with van der Waals surface area (Å²) in [5, 5.41) is 9.12. The molecule has 0 unspecified atom stereocenters. The van der Waals surface area contributed by atoms with E-state index in [-0.39, 0.29) is 12.4 Å². The Balaban J connectivity index is 2.18. The largest absolute Gasteiger partial charge is 0.497 e. The van der Waals surface area contributed by atoms with Crippen LogP contribution in [0.25, 0.3) is 0 Å². The van der Waals surface area contributed by atoms with Gasteiger partial charge in [-0.05, 0) is 41.5 Å². The number of rotatable bonds is 5. The van der Waals surface area contributed by atoms with Crippen molar-refractivity contribution in [3.8, 4) is 5.75 Å². The SMILES string of the molecule is COc1cccc(CN(C)c2cc(F)cc(CO)c2)c1. The van der Waals surface area contributed by atoms with Crippen LogP contribution >= 0.6 is 0 Å². The van der Waals surface area contributed by atoms with Gasteiger partial charge in [-0.1, -0.05) is 12.1 Å². The Bertz CT molecular complexity index is 586. The summed E-state index contributed by atoms with van der Waals surface area (Å²) in [7, 11) is 3.51. The van der Waals surface area contributed by atoms with Crippen molar-refractivity contribution in [3.63, 3.8) is 0 Å². The molecule has 0 aromatic heterocycles. The first-order chi connectivity index (χ1) is 9.62. The average Bonchev–Trinajstić information content (AvgIpc) is 2.46. The predicted octanol–water partition coefficient (Wildman–Crippen LogP) is 2.96. The van der Waals surface area contributed by atoms with Gasteiger partial charge in [-0.15, -0.1) is 0 Å². The minimum Gasteiger partial charge on any atom is -0.497 e. The summed E-state index contributed by atoms with van der Waals surface area (Å²) < 4.78 is 18.7. The highest BCUT2D eigenvalue weighted by molar-refractivity contribution is 5.49. The second-order valence-electron chi connectivity index (χ2n) is 4.68. The van der Waals surface area contributed by atoms with Crippen molar-refractivity contribution in [3.05, 3.63) is 59.4 Å². The Hall–Kier alpha value is -2.07. The maximum Gasteiger partial charge on any atom is 0.125 e. The summed E-state index contributed by atoms with van der Waals surface area (Å²) in [6, 6.07) is 12.3. The van der Waals surface area contributed by atoms with Crippen LogP contribution in [-0.2, 0) is 13.2 Å². The number of aliphatic hydroxyl groups is 1. The maximum atomic E-state index is 13.5. The third-order valence-electron chi connectivity index (χ3n) is 3.12. The van der Waals surface area contributed by atoms with E-state index in [4.69, 9.17) is 9.84 Å². The van der Waals surface area contributed by atoms with Crippen LogP contribution in [0.15, 0.2) is 42.5 Å². The minimum absolute atomic E-state index is 0.169. The normalized spacial score (nSPS) is 10.4. The molecule has 0 amide bonds. The van der Waals surface area contributed by atoms with E-state index >= 15 is 0 Å². The van der Waals surface area contributed by atoms with E-state index in [0.717, 1.165) is 17.0 Å². The van der Waals surface area contributed by atoms with Crippen molar-refractivity contribution in [1.29, 1.82) is 0 Å². The fourth-order valence-corrected chi connectivity index (χ4v) is 2.08. The number of hydrogen-bond acceptors (Lipinski definition) is 3. The van der Waals surface area contributed by atoms with Crippen LogP contribution in [-0.4, -0.2) is 19.3 Å². The molecule has 0 atom stereocenters. The highest BCUT2D eigenvalue weighted by atomic mass is 19.1. The van der Waals surface area contributed by atoms with Crippen LogP contribution in [0.2, 0.25) is 0 Å². The third kappa shape index (κ3) is 3.48. The van der Waals surface area contributed by atoms with E-state index in [1.807, 2.05) is 36.2 Å². The van der Waals surface area contributed by atoms with E-state index in [9.17, 15) is 4.39 Å². The van der Waals surface area contributed by atoms with Crippen molar-refractivity contribution in [1.82, 2.24) is 0 Å². The van der Waals surface area contributed by atoms with Crippen LogP contribution in [0.4, 0.5) is 10.1 Å². The molecule has 0 aliphatic heterocycles. The number of methoxy groups -OCH3 is 1. The first-order valence-electron chi connectivity index (χ1n) is 6.37. The fourth-order valence-electron chi connectivity index (χ4n) is 2.08. The van der Waals surface area contributed by atoms with Gasteiger partial charge in [0.25, 0.3) is 0 Å². The standard InChI is InChI=1S/C16H18FNO2/c1-18(10-12-4-3-5-16(8-12)20-2)15-7-13(11-19)6-14(17)9-15/h3-9,19H,10-11H2,1-2H3. The molecule has 106 valence electrons. The van der Waals surface area contributed by atoms with Crippen molar-refractivity contribution < 1.29 is 14.2 Å². The van der Waals surface area contributed by atoms with Gasteiger partial charge in [0.15, 0.2) is 0 Å². The molecule has 20 heavy (non-hydrogen) atoms. The molecule has 2 aromatic carbocycles. The topological polar surface area (TPSA) is 32.7 Å². The average molecular weight is 275 g/mol. The lowest BCUT2D eigenvalue weighted by molar-refractivity contribution is 0.281. The van der Waals surface area contributed by atoms with Crippen molar-refractivity contribution in [2.75, 3.05) is 19.1 Å². The fraction of sp³-hybridized carbons (Fsp3) is 0.250. The van der Waals surface area contributed by atoms with Gasteiger partial charge in [-0.3, -0.25) is 0 Å². The van der Waals surface area contributed by atoms with Gasteiger partial charge >= 0.3 is 0 Å². The Kier molecular flexibility index (Phi) is 4.58. The molecule has 0 aliphatic carbocycles. The summed E-state index contributed by atoms with van der Waals surface area (Å²) in [5.74, 6) is 0.454. The molecule has 0 aliphatic rings. The smallest absolute Gasteiger partial charge is 0.125 e. The second kappa shape index (κ2) is 6.39. The Morgan fingerprint density at radius 1 is 1.15 bits per heavy atom. The van der Waals surface area contributed by atoms with E-state index in [2.05, 4.69) is 0 Å². The number of benzene rings is 2. The number of ether oxygens (including phenoxy) is 1. The van der Waals surface area contributed by atoms with Gasteiger partial charge in [0.2, 0.25) is 0 Å². The number of aliphatic hydroxyl groups excluding tert-OH is 1. The molecule has 2 rings (SSSR count). The first kappa shape index (κ1) is 14.3. The van der Waals surface area contributed by atoms with Crippen molar-refractivity contribution in [2.45, 2.75) is 13.2 Å². The van der Waals surface area contributed by atoms with Gasteiger partial charge in [0.1, 0.15) is 11.6 Å². The highest BCUT2D eigenvalue weighted by Gasteiger charge is 2.06. The third-order valence-corrected chi connectivity index (χ3v) is 3.12. The molecule has 0 heterocycles. The number of halogens is 1. The summed E-state index contributed by atoms with van der Waals surface area (Å²) in [6.07, 6.45) is 0. The van der Waals surface area contributed by atoms with Gasteiger partial charge in [-0.25, -0.2) is 4.39 Å². The van der Waals surface area contributed by atoms with Crippen LogP contribution in [0, 0.1) is 5.82 Å². The number of anilines is 1. The van der Waals surface area contributed by atoms with E-state index in [1.165, 1.54) is 12.1 Å². The van der Waals surface area contributed by atoms with Crippen LogP contribution < -0.4 is 9.64 Å². The minimum atomic E-state index is -0.343. The van der Waals surface area contributed by atoms with Gasteiger partial charge in [-0.2, -0.15) is 0 Å². The number of hydrogen-bond donors (Lipinski definition) is 1. The monoisotopic (exact) mass is 275 g/mol. The Labute approximate surface area is 118 Å². The van der Waals surface area contributed by atoms with Gasteiger partial charge < -0.3 is 14.7 Å². The van der Waals surface area contributed by atoms with Crippen LogP contribution in [0.1, 0.15) is 11.1 Å². The summed E-state index contributed by atoms with van der Waals surface area (Å²) in [4.78, 5) is 1.93. The number of nitrogens with zero attached hydrogens (tertiary/aromatic N) is 1. The molecule has 0 fully saturated rings. The Morgan fingerprint density at radius 3 is 2.65 bits per heavy atom. The molecular formula is C16H18FNO2. The van der Waals surface area contributed by atoms with E-state index < -0.39 is 0 Å². The summed E-state index contributed by atoms with van der Waals surface area (Å²) in [5.41, 5.74) is 2.37. The van der Waals surface area contributed by atoms with Crippen molar-refractivity contribution >= 4 is 5.69 Å². The van der Waals surface area contributed by atoms with Crippen LogP contribution in [0.5, 0.6) is 5.75 Å². The Morgan fingerprint density at radius 2 is 1.95 bits per heavy atom. The summed E-state index contributed by atoms with van der Waals surface area (Å²) in [6.45, 7) is 0.462. The molecule has 0 saturated heterocycles. The molecule has 0 bridgehead atoms. The first-order valence-corrected chi connectivity index (χ1v) is 6.37. The van der Waals surface area contributed by atoms with Gasteiger partial charge in [0, 0.05) is 19.3 Å². The summed E-state index contributed by atoms with van der Waals surface area (Å²) >= 11 is 0. The molecule has 0 saturated carbocycles. The van der Waals surface area contributed by atoms with Crippen LogP contribution in [0.3, 0.4) is 0 Å². The molecule has 3 nitrogen and oxygen atoms in total. The molecule has 0 radical (unpaired) electrons. The van der Waals surface area contributed by atoms with E-state index in [0.29, 0.717) is 12.1 Å². The van der Waals surface area contributed by atoms with Crippen molar-refractivity contribution in [2.24, 2.45) is 0 Å². The predicted molar refractivity (Wildman–Crippen MR) is 77.4 cm³/mol. The maximum absolute atomic E-state index is 13.5. The lowest BCUT2D eigenvalue weighted by atomic mass is 10.1. The molecule has 1 N–H and O–H groups in total. The molecule has 0 spiro atoms. The zero-order valence-electron chi connectivity index (χ0n) is 11.6. The molecular weight excluding hydrogens is 257 g/mol. The lowest BCUT2D eigenvalue weighted by Crippen LogP contribution is -2.16. The zero-order valence-corrected chi connectivity index (χ0v) is 11.6. The van der Waals surface area contributed by atoms with E-state index in [1.54, 1.807) is 13.2 Å². The molecule has 4 heteroatoms. The van der Waals surface area contributed by atoms with Gasteiger partial charge in [0.05, 0.1) is 13.7 Å². The molecule has 2 aromatic rings.